The minimum absolute atomic E-state index is 0.124. The number of aryl methyl sites for hydroxylation is 2. The summed E-state index contributed by atoms with van der Waals surface area (Å²) in [5.74, 6) is 1.12. The van der Waals surface area contributed by atoms with Gasteiger partial charge >= 0.3 is 0 Å². The fraction of sp³-hybridized carbons (Fsp3) is 0.500. The zero-order chi connectivity index (χ0) is 24.6. The molecule has 6 rings (SSSR count). The summed E-state index contributed by atoms with van der Waals surface area (Å²) in [5, 5.41) is 5.24. The largest absolute Gasteiger partial charge is 0.381 e. The van der Waals surface area contributed by atoms with E-state index in [0.717, 1.165) is 93.3 Å². The average Bonchev–Trinajstić information content (AvgIpc) is 3.31. The van der Waals surface area contributed by atoms with Crippen LogP contribution in [0.4, 0.5) is 11.5 Å². The molecule has 0 N–H and O–H groups in total. The van der Waals surface area contributed by atoms with Crippen LogP contribution in [0, 0.1) is 0 Å². The minimum atomic E-state index is 0.124. The van der Waals surface area contributed by atoms with E-state index in [-0.39, 0.29) is 5.91 Å². The lowest BCUT2D eigenvalue weighted by molar-refractivity contribution is -0.129. The third-order valence-corrected chi connectivity index (χ3v) is 7.87. The number of carbonyl (C=O) groups excluding carboxylic acids is 1. The second kappa shape index (κ2) is 9.65. The number of hydrogen-bond donors (Lipinski definition) is 0. The number of ether oxygens (including phenoxy) is 1. The number of carbonyl (C=O) groups is 1. The van der Waals surface area contributed by atoms with Gasteiger partial charge in [-0.05, 0) is 55.9 Å². The smallest absolute Gasteiger partial charge is 0.219 e. The first-order valence-electron chi connectivity index (χ1n) is 13.3. The molecular formula is C28H34N6O2. The third-order valence-electron chi connectivity index (χ3n) is 7.87. The van der Waals surface area contributed by atoms with E-state index in [0.29, 0.717) is 12.6 Å². The van der Waals surface area contributed by atoms with Crippen LogP contribution < -0.4 is 4.90 Å². The number of anilines is 2. The second-order valence-corrected chi connectivity index (χ2v) is 10.1. The van der Waals surface area contributed by atoms with Crippen molar-refractivity contribution in [3.8, 4) is 11.3 Å². The van der Waals surface area contributed by atoms with Crippen LogP contribution in [0.2, 0.25) is 0 Å². The van der Waals surface area contributed by atoms with Crippen LogP contribution in [-0.2, 0) is 35.3 Å². The molecule has 36 heavy (non-hydrogen) atoms. The van der Waals surface area contributed by atoms with Crippen molar-refractivity contribution in [2.24, 2.45) is 0 Å². The van der Waals surface area contributed by atoms with Gasteiger partial charge < -0.3 is 14.5 Å². The highest BCUT2D eigenvalue weighted by Crippen LogP contribution is 2.40. The van der Waals surface area contributed by atoms with Crippen molar-refractivity contribution in [3.63, 3.8) is 0 Å². The van der Waals surface area contributed by atoms with Gasteiger partial charge in [0.1, 0.15) is 0 Å². The van der Waals surface area contributed by atoms with Gasteiger partial charge in [-0.2, -0.15) is 5.10 Å². The summed E-state index contributed by atoms with van der Waals surface area (Å²) in [6.07, 6.45) is 9.74. The van der Waals surface area contributed by atoms with E-state index in [1.807, 2.05) is 17.3 Å². The van der Waals surface area contributed by atoms with Gasteiger partial charge in [-0.3, -0.25) is 19.4 Å². The number of fused-ring (bicyclic) bond motifs is 2. The fourth-order valence-electron chi connectivity index (χ4n) is 5.79. The Morgan fingerprint density at radius 1 is 1.11 bits per heavy atom. The molecule has 0 atom stereocenters. The maximum atomic E-state index is 12.3. The predicted molar refractivity (Wildman–Crippen MR) is 138 cm³/mol. The first-order chi connectivity index (χ1) is 17.6. The van der Waals surface area contributed by atoms with Crippen LogP contribution in [0.15, 0.2) is 30.6 Å². The Hall–Kier alpha value is -3.26. The monoisotopic (exact) mass is 486 g/mol. The number of pyridine rings is 2. The van der Waals surface area contributed by atoms with E-state index >= 15 is 0 Å². The molecule has 3 aromatic rings. The van der Waals surface area contributed by atoms with Gasteiger partial charge in [0.2, 0.25) is 5.91 Å². The van der Waals surface area contributed by atoms with Crippen LogP contribution >= 0.6 is 0 Å². The van der Waals surface area contributed by atoms with Crippen molar-refractivity contribution >= 4 is 17.4 Å². The number of aromatic nitrogens is 4. The Bertz CT molecular complexity index is 1260. The molecule has 1 amide bonds. The van der Waals surface area contributed by atoms with E-state index in [4.69, 9.17) is 14.8 Å². The lowest BCUT2D eigenvalue weighted by Crippen LogP contribution is -2.36. The predicted octanol–water partition coefficient (Wildman–Crippen LogP) is 4.24. The van der Waals surface area contributed by atoms with Gasteiger partial charge in [0.05, 0.1) is 30.2 Å². The van der Waals surface area contributed by atoms with Gasteiger partial charge in [-0.1, -0.05) is 6.92 Å². The molecule has 8 nitrogen and oxygen atoms in total. The molecule has 0 unspecified atom stereocenters. The van der Waals surface area contributed by atoms with Crippen molar-refractivity contribution in [1.82, 2.24) is 24.6 Å². The molecule has 1 saturated heterocycles. The van der Waals surface area contributed by atoms with E-state index in [2.05, 4.69) is 39.7 Å². The summed E-state index contributed by atoms with van der Waals surface area (Å²) in [6, 6.07) is 6.77. The van der Waals surface area contributed by atoms with Gasteiger partial charge in [0, 0.05) is 68.4 Å². The van der Waals surface area contributed by atoms with Crippen LogP contribution in [0.3, 0.4) is 0 Å². The van der Waals surface area contributed by atoms with Crippen LogP contribution in [0.1, 0.15) is 61.7 Å². The lowest BCUT2D eigenvalue weighted by Gasteiger charge is -2.32. The summed E-state index contributed by atoms with van der Waals surface area (Å²) in [4.78, 5) is 26.0. The summed E-state index contributed by atoms with van der Waals surface area (Å²) < 4.78 is 7.89. The summed E-state index contributed by atoms with van der Waals surface area (Å²) in [5.41, 5.74) is 8.00. The van der Waals surface area contributed by atoms with E-state index in [1.54, 1.807) is 6.92 Å². The zero-order valence-electron chi connectivity index (χ0n) is 21.2. The molecule has 3 aromatic heterocycles. The Balaban J connectivity index is 1.38. The third kappa shape index (κ3) is 4.17. The number of amides is 1. The maximum Gasteiger partial charge on any atom is 0.219 e. The maximum absolute atomic E-state index is 12.3. The fourth-order valence-corrected chi connectivity index (χ4v) is 5.79. The first-order valence-corrected chi connectivity index (χ1v) is 13.3. The number of nitrogens with zero attached hydrogens (tertiary/aromatic N) is 6. The molecule has 188 valence electrons. The van der Waals surface area contributed by atoms with E-state index in [1.165, 1.54) is 16.8 Å². The Kier molecular flexibility index (Phi) is 6.21. The van der Waals surface area contributed by atoms with Crippen molar-refractivity contribution in [2.75, 3.05) is 31.2 Å². The molecular weight excluding hydrogens is 452 g/mol. The number of hydrogen-bond acceptors (Lipinski definition) is 6. The van der Waals surface area contributed by atoms with Crippen LogP contribution in [0.25, 0.3) is 11.3 Å². The van der Waals surface area contributed by atoms with Crippen molar-refractivity contribution in [3.05, 3.63) is 53.1 Å². The highest BCUT2D eigenvalue weighted by atomic mass is 16.5. The second-order valence-electron chi connectivity index (χ2n) is 10.1. The summed E-state index contributed by atoms with van der Waals surface area (Å²) in [7, 11) is 0. The standard InChI is InChI=1S/C28H34N6O2/c1-3-22-7-6-21(16-29-22)25-15-20-5-4-11-33(27(20)17-30-25)28-24-18-32(19(2)35)12-8-26(24)34(31-28)23-9-13-36-14-10-23/h6-7,15-17,23H,3-5,8-14,18H2,1-2H3. The SMILES string of the molecule is CCc1ccc(-c2cc3c(cn2)N(c2nn(C4CCOCC4)c4c2CN(C(C)=O)CC4)CCC3)cn1. The van der Waals surface area contributed by atoms with Crippen molar-refractivity contribution in [2.45, 2.75) is 65.0 Å². The van der Waals surface area contributed by atoms with Crippen LogP contribution in [0.5, 0.6) is 0 Å². The van der Waals surface area contributed by atoms with Crippen molar-refractivity contribution < 1.29 is 9.53 Å². The Morgan fingerprint density at radius 2 is 1.97 bits per heavy atom. The topological polar surface area (TPSA) is 76.4 Å². The molecule has 8 heteroatoms. The normalized spacial score (nSPS) is 18.2. The minimum Gasteiger partial charge on any atom is -0.381 e. The molecule has 0 aromatic carbocycles. The molecule has 3 aliphatic heterocycles. The summed E-state index contributed by atoms with van der Waals surface area (Å²) in [6.45, 7) is 7.61. The molecule has 0 spiro atoms. The van der Waals surface area contributed by atoms with Gasteiger partial charge in [0.15, 0.2) is 5.82 Å². The zero-order valence-corrected chi connectivity index (χ0v) is 21.2. The van der Waals surface area contributed by atoms with Crippen LogP contribution in [-0.4, -0.2) is 56.9 Å². The molecule has 0 aliphatic carbocycles. The molecule has 0 bridgehead atoms. The van der Waals surface area contributed by atoms with Crippen molar-refractivity contribution in [1.29, 1.82) is 0 Å². The van der Waals surface area contributed by atoms with E-state index < -0.39 is 0 Å². The average molecular weight is 487 g/mol. The summed E-state index contributed by atoms with van der Waals surface area (Å²) >= 11 is 0. The highest BCUT2D eigenvalue weighted by molar-refractivity contribution is 5.75. The molecule has 1 fully saturated rings. The molecule has 0 radical (unpaired) electrons. The quantitative estimate of drug-likeness (QED) is 0.549. The lowest BCUT2D eigenvalue weighted by atomic mass is 9.99. The molecule has 0 saturated carbocycles. The highest BCUT2D eigenvalue weighted by Gasteiger charge is 2.33. The number of rotatable bonds is 4. The van der Waals surface area contributed by atoms with Gasteiger partial charge in [0.25, 0.3) is 0 Å². The molecule has 3 aliphatic rings. The molecule has 6 heterocycles. The van der Waals surface area contributed by atoms with E-state index in [9.17, 15) is 4.79 Å². The van der Waals surface area contributed by atoms with Gasteiger partial charge in [-0.25, -0.2) is 0 Å². The Labute approximate surface area is 212 Å². The van der Waals surface area contributed by atoms with Gasteiger partial charge in [-0.15, -0.1) is 0 Å². The first kappa shape index (κ1) is 23.2. The Morgan fingerprint density at radius 3 is 2.72 bits per heavy atom.